The highest BCUT2D eigenvalue weighted by Crippen LogP contribution is 2.30. The molecule has 4 heteroatoms. The Kier molecular flexibility index (Phi) is 5.04. The minimum absolute atomic E-state index is 0.106. The maximum atomic E-state index is 12.2. The van der Waals surface area contributed by atoms with Gasteiger partial charge in [-0.25, -0.2) is 0 Å². The van der Waals surface area contributed by atoms with E-state index in [0.29, 0.717) is 13.0 Å². The second-order valence-electron chi connectivity index (χ2n) is 6.11. The second kappa shape index (κ2) is 7.39. The largest absolute Gasteiger partial charge is 0.497 e. The molecule has 2 aromatic rings. The quantitative estimate of drug-likeness (QED) is 0.764. The van der Waals surface area contributed by atoms with E-state index in [9.17, 15) is 4.79 Å². The van der Waals surface area contributed by atoms with Crippen LogP contribution in [0.1, 0.15) is 11.1 Å². The molecule has 1 saturated heterocycles. The molecule has 3 rings (SSSR count). The highest BCUT2D eigenvalue weighted by molar-refractivity contribution is 5.75. The number of esters is 1. The van der Waals surface area contributed by atoms with Crippen molar-refractivity contribution in [2.24, 2.45) is 11.8 Å². The Bertz CT molecular complexity index is 710. The number of cyclic esters (lactones) is 1. The van der Waals surface area contributed by atoms with E-state index in [-0.39, 0.29) is 17.8 Å². The van der Waals surface area contributed by atoms with Crippen LogP contribution in [0.4, 0.5) is 0 Å². The van der Waals surface area contributed by atoms with Crippen LogP contribution in [0.15, 0.2) is 48.5 Å². The molecule has 0 N–H and O–H groups in total. The summed E-state index contributed by atoms with van der Waals surface area (Å²) >= 11 is 0. The zero-order valence-electron chi connectivity index (χ0n) is 14.0. The molecule has 0 bridgehead atoms. The van der Waals surface area contributed by atoms with Crippen molar-refractivity contribution in [1.29, 1.82) is 0 Å². The number of carbonyl (C=O) groups is 1. The van der Waals surface area contributed by atoms with Crippen LogP contribution in [0.25, 0.3) is 0 Å². The lowest BCUT2D eigenvalue weighted by Gasteiger charge is -2.16. The fourth-order valence-corrected chi connectivity index (χ4v) is 3.21. The maximum Gasteiger partial charge on any atom is 0.309 e. The van der Waals surface area contributed by atoms with Gasteiger partial charge >= 0.3 is 5.97 Å². The van der Waals surface area contributed by atoms with Crippen molar-refractivity contribution < 1.29 is 19.0 Å². The standard InChI is InChI=1S/C20H22O4/c1-22-17-7-3-5-14(10-17)9-16-13-24-20(21)19(16)12-15-6-4-8-18(11-15)23-2/h3-8,10-11,16,19H,9,12-13H2,1-2H3. The van der Waals surface area contributed by atoms with Gasteiger partial charge in [-0.15, -0.1) is 0 Å². The van der Waals surface area contributed by atoms with Gasteiger partial charge in [0.2, 0.25) is 0 Å². The third kappa shape index (κ3) is 3.70. The molecule has 24 heavy (non-hydrogen) atoms. The Labute approximate surface area is 142 Å². The van der Waals surface area contributed by atoms with Crippen molar-refractivity contribution in [3.8, 4) is 11.5 Å². The number of ether oxygens (including phenoxy) is 3. The number of hydrogen-bond donors (Lipinski definition) is 0. The molecule has 2 atom stereocenters. The first-order chi connectivity index (χ1) is 11.7. The van der Waals surface area contributed by atoms with Crippen LogP contribution in [0.2, 0.25) is 0 Å². The lowest BCUT2D eigenvalue weighted by Crippen LogP contribution is -2.20. The fraction of sp³-hybridized carbons (Fsp3) is 0.350. The normalized spacial score (nSPS) is 19.8. The van der Waals surface area contributed by atoms with Crippen molar-refractivity contribution in [2.45, 2.75) is 12.8 Å². The molecule has 0 amide bonds. The molecule has 2 aromatic carbocycles. The molecular formula is C20H22O4. The van der Waals surface area contributed by atoms with Crippen LogP contribution >= 0.6 is 0 Å². The van der Waals surface area contributed by atoms with Gasteiger partial charge in [0.25, 0.3) is 0 Å². The van der Waals surface area contributed by atoms with Crippen molar-refractivity contribution in [3.63, 3.8) is 0 Å². The summed E-state index contributed by atoms with van der Waals surface area (Å²) in [5.41, 5.74) is 2.25. The SMILES string of the molecule is COc1cccc(CC2COC(=O)C2Cc2cccc(OC)c2)c1. The first-order valence-corrected chi connectivity index (χ1v) is 8.12. The van der Waals surface area contributed by atoms with Gasteiger partial charge in [0.05, 0.1) is 26.7 Å². The van der Waals surface area contributed by atoms with E-state index in [2.05, 4.69) is 6.07 Å². The summed E-state index contributed by atoms with van der Waals surface area (Å²) in [6, 6.07) is 15.8. The fourth-order valence-electron chi connectivity index (χ4n) is 3.21. The van der Waals surface area contributed by atoms with E-state index in [4.69, 9.17) is 14.2 Å². The van der Waals surface area contributed by atoms with Crippen LogP contribution in [-0.2, 0) is 22.4 Å². The molecule has 126 valence electrons. The Hall–Kier alpha value is -2.49. The monoisotopic (exact) mass is 326 g/mol. The number of methoxy groups -OCH3 is 2. The summed E-state index contributed by atoms with van der Waals surface area (Å²) in [6.07, 6.45) is 1.47. The van der Waals surface area contributed by atoms with E-state index in [1.807, 2.05) is 42.5 Å². The van der Waals surface area contributed by atoms with Gasteiger partial charge in [0, 0.05) is 5.92 Å². The summed E-state index contributed by atoms with van der Waals surface area (Å²) in [7, 11) is 3.31. The first-order valence-electron chi connectivity index (χ1n) is 8.12. The van der Waals surface area contributed by atoms with Crippen LogP contribution in [0, 0.1) is 11.8 Å². The van der Waals surface area contributed by atoms with Crippen LogP contribution in [-0.4, -0.2) is 26.8 Å². The average Bonchev–Trinajstić information content (AvgIpc) is 2.95. The molecule has 0 radical (unpaired) electrons. The molecule has 1 aliphatic heterocycles. The van der Waals surface area contributed by atoms with Gasteiger partial charge in [-0.1, -0.05) is 24.3 Å². The van der Waals surface area contributed by atoms with E-state index in [1.54, 1.807) is 14.2 Å². The number of benzene rings is 2. The second-order valence-corrected chi connectivity index (χ2v) is 6.11. The van der Waals surface area contributed by atoms with E-state index in [1.165, 1.54) is 0 Å². The first kappa shape index (κ1) is 16.4. The Morgan fingerprint density at radius 3 is 2.12 bits per heavy atom. The molecule has 1 heterocycles. The molecule has 2 unspecified atom stereocenters. The lowest BCUT2D eigenvalue weighted by molar-refractivity contribution is -0.141. The van der Waals surface area contributed by atoms with Gasteiger partial charge in [0.15, 0.2) is 0 Å². The van der Waals surface area contributed by atoms with Gasteiger partial charge in [-0.2, -0.15) is 0 Å². The summed E-state index contributed by atoms with van der Waals surface area (Å²) in [4.78, 5) is 12.2. The zero-order chi connectivity index (χ0) is 16.9. The summed E-state index contributed by atoms with van der Waals surface area (Å²) in [5, 5.41) is 0. The smallest absolute Gasteiger partial charge is 0.309 e. The van der Waals surface area contributed by atoms with Crippen LogP contribution in [0.3, 0.4) is 0 Å². The molecule has 0 saturated carbocycles. The Morgan fingerprint density at radius 2 is 1.54 bits per heavy atom. The molecule has 1 fully saturated rings. The third-order valence-electron chi connectivity index (χ3n) is 4.53. The van der Waals surface area contributed by atoms with Crippen molar-refractivity contribution in [1.82, 2.24) is 0 Å². The molecule has 0 aliphatic carbocycles. The topological polar surface area (TPSA) is 44.8 Å². The summed E-state index contributed by atoms with van der Waals surface area (Å²) in [6.45, 7) is 0.477. The Morgan fingerprint density at radius 1 is 0.958 bits per heavy atom. The third-order valence-corrected chi connectivity index (χ3v) is 4.53. The van der Waals surface area contributed by atoms with Crippen LogP contribution in [0.5, 0.6) is 11.5 Å². The molecule has 0 spiro atoms. The highest BCUT2D eigenvalue weighted by atomic mass is 16.5. The van der Waals surface area contributed by atoms with Crippen molar-refractivity contribution in [3.05, 3.63) is 59.7 Å². The predicted molar refractivity (Wildman–Crippen MR) is 91.3 cm³/mol. The molecule has 0 aromatic heterocycles. The van der Waals surface area contributed by atoms with Gasteiger partial charge in [-0.05, 0) is 48.2 Å². The van der Waals surface area contributed by atoms with E-state index >= 15 is 0 Å². The van der Waals surface area contributed by atoms with Gasteiger partial charge < -0.3 is 14.2 Å². The number of rotatable bonds is 6. The number of carbonyl (C=O) groups excluding carboxylic acids is 1. The summed E-state index contributed by atoms with van der Waals surface area (Å²) < 4.78 is 15.9. The van der Waals surface area contributed by atoms with Crippen molar-refractivity contribution >= 4 is 5.97 Å². The lowest BCUT2D eigenvalue weighted by atomic mass is 9.85. The maximum absolute atomic E-state index is 12.2. The minimum atomic E-state index is -0.122. The predicted octanol–water partition coefficient (Wildman–Crippen LogP) is 3.28. The highest BCUT2D eigenvalue weighted by Gasteiger charge is 2.36. The van der Waals surface area contributed by atoms with Gasteiger partial charge in [-0.3, -0.25) is 4.79 Å². The van der Waals surface area contributed by atoms with Gasteiger partial charge in [0.1, 0.15) is 11.5 Å². The molecule has 4 nitrogen and oxygen atoms in total. The van der Waals surface area contributed by atoms with E-state index < -0.39 is 0 Å². The molecular weight excluding hydrogens is 304 g/mol. The van der Waals surface area contributed by atoms with Crippen molar-refractivity contribution in [2.75, 3.05) is 20.8 Å². The zero-order valence-corrected chi connectivity index (χ0v) is 14.0. The number of hydrogen-bond acceptors (Lipinski definition) is 4. The summed E-state index contributed by atoms with van der Waals surface area (Å²) in [5.74, 6) is 1.59. The van der Waals surface area contributed by atoms with Crippen LogP contribution < -0.4 is 9.47 Å². The average molecular weight is 326 g/mol. The minimum Gasteiger partial charge on any atom is -0.497 e. The van der Waals surface area contributed by atoms with E-state index in [0.717, 1.165) is 29.0 Å². The molecule has 1 aliphatic rings. The Balaban J connectivity index is 1.73.